The first-order valence-electron chi connectivity index (χ1n) is 3.97. The fourth-order valence-corrected chi connectivity index (χ4v) is 1.60. The van der Waals surface area contributed by atoms with Crippen molar-refractivity contribution in [3.63, 3.8) is 0 Å². The van der Waals surface area contributed by atoms with E-state index in [9.17, 15) is 13.6 Å². The van der Waals surface area contributed by atoms with Crippen LogP contribution in [0.4, 0.5) is 8.78 Å². The minimum absolute atomic E-state index is 0.0837. The highest BCUT2D eigenvalue weighted by Crippen LogP contribution is 2.29. The Bertz CT molecular complexity index is 471. The van der Waals surface area contributed by atoms with E-state index in [4.69, 9.17) is 5.26 Å². The number of alkyl halides is 2. The Hall–Kier alpha value is -1.55. The largest absolute Gasteiger partial charge is 0.464 e. The number of hydrogen-bond acceptors (Lipinski definition) is 4. The lowest BCUT2D eigenvalue weighted by Gasteiger charge is -2.07. The average molecular weight is 291 g/mol. The lowest BCUT2D eigenvalue weighted by Crippen LogP contribution is -2.08. The molecule has 0 aliphatic carbocycles. The molecule has 0 aliphatic rings. The highest BCUT2D eigenvalue weighted by molar-refractivity contribution is 9.10. The van der Waals surface area contributed by atoms with Gasteiger partial charge in [0.2, 0.25) is 0 Å². The zero-order valence-electron chi connectivity index (χ0n) is 8.00. The first kappa shape index (κ1) is 12.5. The second-order valence-corrected chi connectivity index (χ2v) is 3.45. The van der Waals surface area contributed by atoms with Crippen LogP contribution in [0.5, 0.6) is 0 Å². The molecule has 0 aromatic carbocycles. The van der Waals surface area contributed by atoms with Gasteiger partial charge in [0.25, 0.3) is 6.43 Å². The molecule has 84 valence electrons. The van der Waals surface area contributed by atoms with E-state index < -0.39 is 18.0 Å². The minimum atomic E-state index is -2.83. The van der Waals surface area contributed by atoms with Gasteiger partial charge in [0.05, 0.1) is 22.7 Å². The van der Waals surface area contributed by atoms with Gasteiger partial charge in [-0.1, -0.05) is 0 Å². The van der Waals surface area contributed by atoms with E-state index in [-0.39, 0.29) is 15.7 Å². The van der Waals surface area contributed by atoms with Crippen LogP contribution in [0.3, 0.4) is 0 Å². The van der Waals surface area contributed by atoms with E-state index in [0.717, 1.165) is 13.3 Å². The van der Waals surface area contributed by atoms with E-state index in [1.807, 2.05) is 0 Å². The first-order chi connectivity index (χ1) is 7.52. The molecule has 0 N–H and O–H groups in total. The number of nitrogens with zero attached hydrogens (tertiary/aromatic N) is 2. The van der Waals surface area contributed by atoms with Gasteiger partial charge in [-0.25, -0.2) is 18.6 Å². The average Bonchev–Trinajstić information content (AvgIpc) is 2.27. The SMILES string of the molecule is COC(=O)c1ncc(C(F)F)c(C#N)c1Br. The second kappa shape index (κ2) is 4.99. The second-order valence-electron chi connectivity index (χ2n) is 2.66. The minimum Gasteiger partial charge on any atom is -0.464 e. The Morgan fingerprint density at radius 1 is 1.69 bits per heavy atom. The molecule has 0 bridgehead atoms. The normalized spacial score (nSPS) is 10.0. The molecule has 7 heteroatoms. The van der Waals surface area contributed by atoms with E-state index in [0.29, 0.717) is 0 Å². The molecule has 1 aromatic rings. The fourth-order valence-electron chi connectivity index (χ4n) is 1.02. The summed E-state index contributed by atoms with van der Waals surface area (Å²) in [6.45, 7) is 0. The van der Waals surface area contributed by atoms with Crippen molar-refractivity contribution in [2.45, 2.75) is 6.43 Å². The van der Waals surface area contributed by atoms with Crippen LogP contribution in [-0.4, -0.2) is 18.1 Å². The number of hydrogen-bond donors (Lipinski definition) is 0. The molecule has 0 aliphatic heterocycles. The summed E-state index contributed by atoms with van der Waals surface area (Å²) in [5, 5.41) is 8.73. The van der Waals surface area contributed by atoms with Crippen LogP contribution in [0.15, 0.2) is 10.7 Å². The third-order valence-electron chi connectivity index (χ3n) is 1.77. The van der Waals surface area contributed by atoms with Crippen LogP contribution >= 0.6 is 15.9 Å². The quantitative estimate of drug-likeness (QED) is 0.785. The molecule has 1 heterocycles. The highest BCUT2D eigenvalue weighted by Gasteiger charge is 2.22. The Morgan fingerprint density at radius 3 is 2.75 bits per heavy atom. The maximum Gasteiger partial charge on any atom is 0.357 e. The molecule has 0 saturated carbocycles. The number of esters is 1. The van der Waals surface area contributed by atoms with Gasteiger partial charge in [-0.15, -0.1) is 0 Å². The lowest BCUT2D eigenvalue weighted by molar-refractivity contribution is 0.0592. The van der Waals surface area contributed by atoms with Gasteiger partial charge < -0.3 is 4.74 Å². The van der Waals surface area contributed by atoms with Crippen molar-refractivity contribution in [1.29, 1.82) is 5.26 Å². The van der Waals surface area contributed by atoms with Crippen LogP contribution in [0.25, 0.3) is 0 Å². The Morgan fingerprint density at radius 2 is 2.31 bits per heavy atom. The smallest absolute Gasteiger partial charge is 0.357 e. The maximum atomic E-state index is 12.5. The highest BCUT2D eigenvalue weighted by atomic mass is 79.9. The Kier molecular flexibility index (Phi) is 3.90. The summed E-state index contributed by atoms with van der Waals surface area (Å²) in [5.74, 6) is -0.802. The number of carbonyl (C=O) groups is 1. The number of rotatable bonds is 2. The third kappa shape index (κ3) is 2.17. The molecule has 0 atom stereocenters. The Labute approximate surface area is 98.0 Å². The van der Waals surface area contributed by atoms with Crippen molar-refractivity contribution < 1.29 is 18.3 Å². The topological polar surface area (TPSA) is 63.0 Å². The zero-order valence-corrected chi connectivity index (χ0v) is 9.59. The summed E-state index contributed by atoms with van der Waals surface area (Å²) in [5.41, 5.74) is -1.05. The van der Waals surface area contributed by atoms with Crippen LogP contribution in [0, 0.1) is 11.3 Å². The maximum absolute atomic E-state index is 12.5. The van der Waals surface area contributed by atoms with E-state index in [1.54, 1.807) is 6.07 Å². The van der Waals surface area contributed by atoms with Gasteiger partial charge in [-0.3, -0.25) is 0 Å². The van der Waals surface area contributed by atoms with Crippen LogP contribution < -0.4 is 0 Å². The zero-order chi connectivity index (χ0) is 12.3. The lowest BCUT2D eigenvalue weighted by atomic mass is 10.1. The number of ether oxygens (including phenoxy) is 1. The number of carbonyl (C=O) groups excluding carboxylic acids is 1. The van der Waals surface area contributed by atoms with E-state index in [2.05, 4.69) is 25.7 Å². The molecular weight excluding hydrogens is 286 g/mol. The monoisotopic (exact) mass is 290 g/mol. The van der Waals surface area contributed by atoms with Crippen molar-refractivity contribution in [3.05, 3.63) is 27.5 Å². The molecule has 1 rings (SSSR count). The van der Waals surface area contributed by atoms with Crippen LogP contribution in [-0.2, 0) is 4.74 Å². The predicted molar refractivity (Wildman–Crippen MR) is 52.9 cm³/mol. The fraction of sp³-hybridized carbons (Fsp3) is 0.222. The number of halogens is 3. The molecule has 0 fully saturated rings. The van der Waals surface area contributed by atoms with Gasteiger partial charge in [0, 0.05) is 6.20 Å². The molecule has 0 spiro atoms. The van der Waals surface area contributed by atoms with Crippen molar-refractivity contribution >= 4 is 21.9 Å². The summed E-state index contributed by atoms with van der Waals surface area (Å²) in [6, 6.07) is 1.59. The van der Waals surface area contributed by atoms with Gasteiger partial charge in [-0.05, 0) is 15.9 Å². The van der Waals surface area contributed by atoms with Gasteiger partial charge >= 0.3 is 5.97 Å². The molecule has 1 aromatic heterocycles. The molecule has 16 heavy (non-hydrogen) atoms. The van der Waals surface area contributed by atoms with E-state index >= 15 is 0 Å². The summed E-state index contributed by atoms with van der Waals surface area (Å²) >= 11 is 2.88. The van der Waals surface area contributed by atoms with Crippen molar-refractivity contribution in [2.75, 3.05) is 7.11 Å². The van der Waals surface area contributed by atoms with Gasteiger partial charge in [0.1, 0.15) is 6.07 Å². The molecule has 0 amide bonds. The third-order valence-corrected chi connectivity index (χ3v) is 2.55. The standard InChI is InChI=1S/C9H5BrF2N2O2/c1-16-9(15)7-6(10)4(2-13)5(3-14-7)8(11)12/h3,8H,1H3. The summed E-state index contributed by atoms with van der Waals surface area (Å²) in [7, 11) is 1.13. The van der Waals surface area contributed by atoms with Crippen molar-refractivity contribution in [3.8, 4) is 6.07 Å². The predicted octanol–water partition coefficient (Wildman–Crippen LogP) is 2.44. The molecule has 0 saturated heterocycles. The first-order valence-corrected chi connectivity index (χ1v) is 4.77. The molecule has 0 unspecified atom stereocenters. The summed E-state index contributed by atoms with van der Waals surface area (Å²) < 4.78 is 29.3. The number of methoxy groups -OCH3 is 1. The van der Waals surface area contributed by atoms with Crippen LogP contribution in [0.1, 0.15) is 28.0 Å². The van der Waals surface area contributed by atoms with Crippen molar-refractivity contribution in [2.24, 2.45) is 0 Å². The van der Waals surface area contributed by atoms with Gasteiger partial charge in [-0.2, -0.15) is 5.26 Å². The number of aromatic nitrogens is 1. The molecular formula is C9H5BrF2N2O2. The van der Waals surface area contributed by atoms with E-state index in [1.165, 1.54) is 0 Å². The van der Waals surface area contributed by atoms with Crippen molar-refractivity contribution in [1.82, 2.24) is 4.98 Å². The molecule has 0 radical (unpaired) electrons. The van der Waals surface area contributed by atoms with Gasteiger partial charge in [0.15, 0.2) is 5.69 Å². The summed E-state index contributed by atoms with van der Waals surface area (Å²) in [4.78, 5) is 14.7. The summed E-state index contributed by atoms with van der Waals surface area (Å²) in [6.07, 6.45) is -2.04. The van der Waals surface area contributed by atoms with Crippen LogP contribution in [0.2, 0.25) is 0 Å². The molecule has 4 nitrogen and oxygen atoms in total. The number of pyridine rings is 1. The number of nitriles is 1. The Balaban J connectivity index is 3.42.